The maximum atomic E-state index is 11.4. The number of hydrogen-bond donors (Lipinski definition) is 1. The average Bonchev–Trinajstić information content (AvgIpc) is 3.16. The van der Waals surface area contributed by atoms with Crippen LogP contribution in [0, 0.1) is 34.1 Å². The molecule has 0 unspecified atom stereocenters. The standard InChI is InChI=1S/C26H20N4O7/c1-16-13-19(15-27-20-5-3-18(4-6-20)26(31)32)17(2)28(16)21-7-10-23(11-8-21)37-25-12-9-22(29(33)34)14-24(25)30(35)36/h3-15H,1-2H3,(H,31,32). The molecule has 4 rings (SSSR count). The second-order valence-electron chi connectivity index (χ2n) is 8.03. The molecule has 0 bridgehead atoms. The first kappa shape index (κ1) is 24.8. The van der Waals surface area contributed by atoms with Crippen molar-refractivity contribution in [2.45, 2.75) is 13.8 Å². The Kier molecular flexibility index (Phi) is 6.78. The number of nitro groups is 2. The second kappa shape index (κ2) is 10.1. The maximum absolute atomic E-state index is 11.4. The van der Waals surface area contributed by atoms with E-state index in [0.717, 1.165) is 34.8 Å². The topological polar surface area (TPSA) is 150 Å². The van der Waals surface area contributed by atoms with E-state index in [-0.39, 0.29) is 11.3 Å². The highest BCUT2D eigenvalue weighted by molar-refractivity contribution is 5.88. The maximum Gasteiger partial charge on any atom is 0.335 e. The number of carboxylic acid groups (broad SMARTS) is 1. The van der Waals surface area contributed by atoms with Crippen LogP contribution in [0.25, 0.3) is 5.69 Å². The third-order valence-corrected chi connectivity index (χ3v) is 5.61. The van der Waals surface area contributed by atoms with E-state index in [4.69, 9.17) is 9.84 Å². The highest BCUT2D eigenvalue weighted by Crippen LogP contribution is 2.34. The Morgan fingerprint density at radius 1 is 0.946 bits per heavy atom. The fourth-order valence-corrected chi connectivity index (χ4v) is 3.79. The molecule has 1 aromatic heterocycles. The number of aromatic nitrogens is 1. The monoisotopic (exact) mass is 500 g/mol. The molecule has 0 amide bonds. The van der Waals surface area contributed by atoms with E-state index in [0.29, 0.717) is 11.4 Å². The van der Waals surface area contributed by atoms with Gasteiger partial charge in [-0.1, -0.05) is 0 Å². The molecule has 186 valence electrons. The van der Waals surface area contributed by atoms with Crippen molar-refractivity contribution in [2.24, 2.45) is 4.99 Å². The molecule has 1 N–H and O–H groups in total. The van der Waals surface area contributed by atoms with Crippen LogP contribution in [0.5, 0.6) is 11.5 Å². The molecular weight excluding hydrogens is 480 g/mol. The van der Waals surface area contributed by atoms with Crippen LogP contribution in [-0.4, -0.2) is 31.7 Å². The predicted molar refractivity (Wildman–Crippen MR) is 136 cm³/mol. The van der Waals surface area contributed by atoms with Crippen LogP contribution in [0.15, 0.2) is 77.8 Å². The molecule has 0 saturated heterocycles. The second-order valence-corrected chi connectivity index (χ2v) is 8.03. The van der Waals surface area contributed by atoms with Crippen LogP contribution in [0.3, 0.4) is 0 Å². The molecule has 0 atom stereocenters. The summed E-state index contributed by atoms with van der Waals surface area (Å²) in [5.74, 6) is -0.775. The Bertz CT molecular complexity index is 1540. The molecule has 0 aliphatic rings. The summed E-state index contributed by atoms with van der Waals surface area (Å²) in [5.41, 5.74) is 3.47. The van der Waals surface area contributed by atoms with Crippen LogP contribution in [-0.2, 0) is 0 Å². The van der Waals surface area contributed by atoms with Gasteiger partial charge in [0.2, 0.25) is 5.75 Å². The molecule has 0 spiro atoms. The Labute approximate surface area is 210 Å². The van der Waals surface area contributed by atoms with Gasteiger partial charge in [-0.3, -0.25) is 25.2 Å². The molecule has 4 aromatic rings. The van der Waals surface area contributed by atoms with Crippen LogP contribution in [0.2, 0.25) is 0 Å². The fraction of sp³-hybridized carbons (Fsp3) is 0.0769. The molecule has 0 saturated carbocycles. The van der Waals surface area contributed by atoms with Crippen molar-refractivity contribution in [1.29, 1.82) is 0 Å². The minimum atomic E-state index is -0.999. The summed E-state index contributed by atoms with van der Waals surface area (Å²) in [7, 11) is 0. The van der Waals surface area contributed by atoms with Crippen molar-refractivity contribution < 1.29 is 24.5 Å². The summed E-state index contributed by atoms with van der Waals surface area (Å²) < 4.78 is 7.65. The van der Waals surface area contributed by atoms with E-state index in [2.05, 4.69) is 4.99 Å². The zero-order valence-electron chi connectivity index (χ0n) is 19.7. The lowest BCUT2D eigenvalue weighted by atomic mass is 10.2. The number of carbonyl (C=O) groups is 1. The van der Waals surface area contributed by atoms with Gasteiger partial charge in [0.05, 0.1) is 27.2 Å². The van der Waals surface area contributed by atoms with Crippen molar-refractivity contribution in [3.05, 3.63) is 116 Å². The zero-order valence-corrected chi connectivity index (χ0v) is 19.7. The van der Waals surface area contributed by atoms with Gasteiger partial charge in [-0.05, 0) is 74.5 Å². The lowest BCUT2D eigenvalue weighted by Gasteiger charge is -2.11. The van der Waals surface area contributed by atoms with E-state index in [1.165, 1.54) is 18.2 Å². The van der Waals surface area contributed by atoms with Crippen molar-refractivity contribution in [3.8, 4) is 17.2 Å². The lowest BCUT2D eigenvalue weighted by Crippen LogP contribution is -2.00. The van der Waals surface area contributed by atoms with Crippen LogP contribution in [0.4, 0.5) is 17.1 Å². The summed E-state index contributed by atoms with van der Waals surface area (Å²) in [4.78, 5) is 36.3. The van der Waals surface area contributed by atoms with Crippen molar-refractivity contribution in [3.63, 3.8) is 0 Å². The molecule has 0 radical (unpaired) electrons. The summed E-state index contributed by atoms with van der Waals surface area (Å²) in [6.45, 7) is 3.88. The molecule has 0 fully saturated rings. The number of aromatic carboxylic acids is 1. The first-order chi connectivity index (χ1) is 17.6. The molecular formula is C26H20N4O7. The first-order valence-corrected chi connectivity index (χ1v) is 10.9. The van der Waals surface area contributed by atoms with E-state index >= 15 is 0 Å². The number of aliphatic imine (C=N–C) groups is 1. The fourth-order valence-electron chi connectivity index (χ4n) is 3.79. The van der Waals surface area contributed by atoms with E-state index < -0.39 is 27.2 Å². The summed E-state index contributed by atoms with van der Waals surface area (Å²) in [6, 6.07) is 18.3. The Hall–Kier alpha value is -5.32. The summed E-state index contributed by atoms with van der Waals surface area (Å²) in [5, 5.41) is 31.3. The highest BCUT2D eigenvalue weighted by Gasteiger charge is 2.21. The average molecular weight is 500 g/mol. The van der Waals surface area contributed by atoms with Gasteiger partial charge in [0, 0.05) is 34.9 Å². The largest absolute Gasteiger partial charge is 0.478 e. The molecule has 0 aliphatic heterocycles. The molecule has 11 heteroatoms. The Morgan fingerprint density at radius 2 is 1.62 bits per heavy atom. The molecule has 3 aromatic carbocycles. The quantitative estimate of drug-likeness (QED) is 0.173. The van der Waals surface area contributed by atoms with Gasteiger partial charge in [-0.2, -0.15) is 0 Å². The number of nitrogens with zero attached hydrogens (tertiary/aromatic N) is 4. The molecule has 37 heavy (non-hydrogen) atoms. The number of nitro benzene ring substituents is 2. The van der Waals surface area contributed by atoms with Gasteiger partial charge < -0.3 is 14.4 Å². The predicted octanol–water partition coefficient (Wildman–Crippen LogP) is 6.15. The molecule has 1 heterocycles. The zero-order chi connectivity index (χ0) is 26.7. The minimum absolute atomic E-state index is 0.105. The first-order valence-electron chi connectivity index (χ1n) is 10.9. The Morgan fingerprint density at radius 3 is 2.22 bits per heavy atom. The van der Waals surface area contributed by atoms with Crippen LogP contribution < -0.4 is 4.74 Å². The molecule has 0 aliphatic carbocycles. The highest BCUT2D eigenvalue weighted by atomic mass is 16.6. The third kappa shape index (κ3) is 5.35. The number of carboxylic acids is 1. The number of hydrogen-bond acceptors (Lipinski definition) is 7. The van der Waals surface area contributed by atoms with Crippen molar-refractivity contribution >= 4 is 29.2 Å². The van der Waals surface area contributed by atoms with E-state index in [1.807, 2.05) is 24.5 Å². The van der Waals surface area contributed by atoms with Gasteiger partial charge >= 0.3 is 11.7 Å². The minimum Gasteiger partial charge on any atom is -0.478 e. The van der Waals surface area contributed by atoms with Crippen molar-refractivity contribution in [2.75, 3.05) is 0 Å². The smallest absolute Gasteiger partial charge is 0.335 e. The Balaban J connectivity index is 1.55. The molecule has 11 nitrogen and oxygen atoms in total. The van der Waals surface area contributed by atoms with Crippen LogP contribution in [0.1, 0.15) is 27.3 Å². The van der Waals surface area contributed by atoms with Gasteiger partial charge in [-0.15, -0.1) is 0 Å². The number of non-ortho nitro benzene ring substituents is 1. The summed E-state index contributed by atoms with van der Waals surface area (Å²) >= 11 is 0. The number of rotatable bonds is 8. The van der Waals surface area contributed by atoms with Gasteiger partial charge in [0.1, 0.15) is 5.75 Å². The number of aryl methyl sites for hydroxylation is 1. The van der Waals surface area contributed by atoms with E-state index in [1.54, 1.807) is 42.6 Å². The number of ether oxygens (including phenoxy) is 1. The van der Waals surface area contributed by atoms with Crippen molar-refractivity contribution in [1.82, 2.24) is 4.57 Å². The lowest BCUT2D eigenvalue weighted by molar-refractivity contribution is -0.394. The van der Waals surface area contributed by atoms with Crippen LogP contribution >= 0.6 is 0 Å². The third-order valence-electron chi connectivity index (χ3n) is 5.61. The van der Waals surface area contributed by atoms with E-state index in [9.17, 15) is 25.0 Å². The van der Waals surface area contributed by atoms with Gasteiger partial charge in [0.25, 0.3) is 5.69 Å². The van der Waals surface area contributed by atoms with Gasteiger partial charge in [-0.25, -0.2) is 4.79 Å². The number of benzene rings is 3. The summed E-state index contributed by atoms with van der Waals surface area (Å²) in [6.07, 6.45) is 1.71. The normalized spacial score (nSPS) is 11.0. The van der Waals surface area contributed by atoms with Gasteiger partial charge in [0.15, 0.2) is 0 Å². The SMILES string of the molecule is Cc1cc(C=Nc2ccc(C(=O)O)cc2)c(C)n1-c1ccc(Oc2ccc([N+](=O)[O-])cc2[N+](=O)[O-])cc1.